The van der Waals surface area contributed by atoms with Crippen molar-refractivity contribution >= 4 is 17.3 Å². The van der Waals surface area contributed by atoms with Crippen LogP contribution >= 0.6 is 11.3 Å². The molecule has 1 atom stereocenters. The van der Waals surface area contributed by atoms with Gasteiger partial charge in [0.2, 0.25) is 0 Å². The lowest BCUT2D eigenvalue weighted by Crippen LogP contribution is -2.22. The highest BCUT2D eigenvalue weighted by Gasteiger charge is 2.17. The number of aliphatic carboxylic acids is 1. The lowest BCUT2D eigenvalue weighted by atomic mass is 10.0. The summed E-state index contributed by atoms with van der Waals surface area (Å²) in [7, 11) is 2.03. The molecule has 5 nitrogen and oxygen atoms in total. The smallest absolute Gasteiger partial charge is 0.341 e. The molecule has 1 heterocycles. The first-order valence-corrected chi connectivity index (χ1v) is 9.55. The van der Waals surface area contributed by atoms with Crippen LogP contribution in [0.15, 0.2) is 60.1 Å². The number of benzene rings is 2. The number of aromatic nitrogens is 1. The maximum absolute atomic E-state index is 10.9. The second-order valence-corrected chi connectivity index (χ2v) is 7.26. The summed E-state index contributed by atoms with van der Waals surface area (Å²) < 4.78 is 5.52. The third-order valence-corrected chi connectivity index (χ3v) is 5.35. The Morgan fingerprint density at radius 1 is 1.22 bits per heavy atom. The molecule has 0 aliphatic heterocycles. The monoisotopic (exact) mass is 382 g/mol. The third-order valence-electron chi connectivity index (χ3n) is 4.41. The van der Waals surface area contributed by atoms with Crippen LogP contribution < -0.4 is 4.74 Å². The molecule has 0 saturated heterocycles. The Morgan fingerprint density at radius 3 is 2.67 bits per heavy atom. The van der Waals surface area contributed by atoms with Crippen LogP contribution in [0.3, 0.4) is 0 Å². The van der Waals surface area contributed by atoms with E-state index in [1.54, 1.807) is 11.3 Å². The van der Waals surface area contributed by atoms with Gasteiger partial charge in [0.05, 0.1) is 6.04 Å². The van der Waals surface area contributed by atoms with Crippen molar-refractivity contribution in [3.63, 3.8) is 0 Å². The van der Waals surface area contributed by atoms with Gasteiger partial charge in [0.15, 0.2) is 6.61 Å². The summed E-state index contributed by atoms with van der Waals surface area (Å²) >= 11 is 1.63. The summed E-state index contributed by atoms with van der Waals surface area (Å²) in [6, 6.07) is 16.1. The predicted octanol–water partition coefficient (Wildman–Crippen LogP) is 4.47. The summed E-state index contributed by atoms with van der Waals surface area (Å²) in [5.41, 5.74) is 3.13. The number of thiazole rings is 1. The van der Waals surface area contributed by atoms with Crippen molar-refractivity contribution in [3.05, 3.63) is 70.7 Å². The number of nitrogens with zero attached hydrogens (tertiary/aromatic N) is 2. The van der Waals surface area contributed by atoms with Gasteiger partial charge in [0, 0.05) is 23.7 Å². The molecule has 0 amide bonds. The largest absolute Gasteiger partial charge is 0.482 e. The van der Waals surface area contributed by atoms with Gasteiger partial charge in [0.25, 0.3) is 0 Å². The van der Waals surface area contributed by atoms with E-state index < -0.39 is 5.97 Å². The van der Waals surface area contributed by atoms with Gasteiger partial charge in [-0.2, -0.15) is 0 Å². The molecular weight excluding hydrogens is 360 g/mol. The summed E-state index contributed by atoms with van der Waals surface area (Å²) in [6.45, 7) is 2.37. The maximum atomic E-state index is 10.9. The summed E-state index contributed by atoms with van der Waals surface area (Å²) in [5.74, 6) is -0.395. The lowest BCUT2D eigenvalue weighted by molar-refractivity contribution is -0.139. The summed E-state index contributed by atoms with van der Waals surface area (Å²) in [6.07, 6.45) is 1.81. The van der Waals surface area contributed by atoms with Crippen LogP contribution in [0.25, 0.3) is 11.1 Å². The highest BCUT2D eigenvalue weighted by molar-refractivity contribution is 7.09. The molecule has 27 heavy (non-hydrogen) atoms. The number of carboxylic acids is 1. The number of ether oxygens (including phenoxy) is 1. The Kier molecular flexibility index (Phi) is 6.21. The molecule has 0 saturated carbocycles. The van der Waals surface area contributed by atoms with Crippen LogP contribution in [0.4, 0.5) is 0 Å². The van der Waals surface area contributed by atoms with Crippen LogP contribution in [0.5, 0.6) is 5.75 Å². The second kappa shape index (κ2) is 8.79. The first-order valence-electron chi connectivity index (χ1n) is 8.67. The van der Waals surface area contributed by atoms with Gasteiger partial charge in [-0.1, -0.05) is 36.4 Å². The van der Waals surface area contributed by atoms with E-state index in [9.17, 15) is 4.79 Å². The SMILES string of the molecule is C[C@H](c1nccs1)N(C)Cc1cc(-c2ccccc2)ccc1OCC(=O)O. The van der Waals surface area contributed by atoms with E-state index in [2.05, 4.69) is 35.0 Å². The molecule has 0 radical (unpaired) electrons. The van der Waals surface area contributed by atoms with Gasteiger partial charge in [-0.3, -0.25) is 4.90 Å². The molecule has 1 N–H and O–H groups in total. The molecule has 0 aliphatic carbocycles. The highest BCUT2D eigenvalue weighted by atomic mass is 32.1. The van der Waals surface area contributed by atoms with E-state index in [1.807, 2.05) is 49.0 Å². The van der Waals surface area contributed by atoms with Crippen molar-refractivity contribution in [1.82, 2.24) is 9.88 Å². The van der Waals surface area contributed by atoms with Crippen molar-refractivity contribution in [3.8, 4) is 16.9 Å². The highest BCUT2D eigenvalue weighted by Crippen LogP contribution is 2.30. The minimum absolute atomic E-state index is 0.151. The number of hydrogen-bond donors (Lipinski definition) is 1. The summed E-state index contributed by atoms with van der Waals surface area (Å²) in [5, 5.41) is 12.0. The quantitative estimate of drug-likeness (QED) is 0.623. The van der Waals surface area contributed by atoms with Gasteiger partial charge in [-0.15, -0.1) is 11.3 Å². The molecule has 0 spiro atoms. The topological polar surface area (TPSA) is 62.7 Å². The Bertz CT molecular complexity index is 882. The predicted molar refractivity (Wildman–Crippen MR) is 107 cm³/mol. The minimum atomic E-state index is -0.988. The average Bonchev–Trinajstić information content (AvgIpc) is 3.21. The van der Waals surface area contributed by atoms with Crippen molar-refractivity contribution in [2.75, 3.05) is 13.7 Å². The van der Waals surface area contributed by atoms with Crippen molar-refractivity contribution in [2.24, 2.45) is 0 Å². The molecule has 3 rings (SSSR count). The molecule has 0 bridgehead atoms. The number of carbonyl (C=O) groups is 1. The van der Waals surface area contributed by atoms with Crippen LogP contribution in [0.2, 0.25) is 0 Å². The second-order valence-electron chi connectivity index (χ2n) is 6.33. The van der Waals surface area contributed by atoms with Crippen LogP contribution in [0.1, 0.15) is 23.5 Å². The first-order chi connectivity index (χ1) is 13.0. The normalized spacial score (nSPS) is 12.1. The standard InChI is InChI=1S/C21H22N2O3S/c1-15(21-22-10-11-27-21)23(2)13-18-12-17(16-6-4-3-5-7-16)8-9-19(18)26-14-20(24)25/h3-12,15H,13-14H2,1-2H3,(H,24,25)/t15-/m1/s1. The maximum Gasteiger partial charge on any atom is 0.341 e. The van der Waals surface area contributed by atoms with E-state index in [-0.39, 0.29) is 12.6 Å². The molecule has 140 valence electrons. The van der Waals surface area contributed by atoms with E-state index >= 15 is 0 Å². The molecule has 3 aromatic rings. The Labute approximate surface area is 162 Å². The lowest BCUT2D eigenvalue weighted by Gasteiger charge is -2.24. The third kappa shape index (κ3) is 4.93. The zero-order valence-corrected chi connectivity index (χ0v) is 16.1. The number of rotatable bonds is 8. The van der Waals surface area contributed by atoms with E-state index in [1.165, 1.54) is 0 Å². The Morgan fingerprint density at radius 2 is 2.00 bits per heavy atom. The molecule has 6 heteroatoms. The average molecular weight is 382 g/mol. The van der Waals surface area contributed by atoms with E-state index in [0.717, 1.165) is 21.7 Å². The van der Waals surface area contributed by atoms with Gasteiger partial charge < -0.3 is 9.84 Å². The molecule has 1 aromatic heterocycles. The molecule has 0 fully saturated rings. The Balaban J connectivity index is 1.87. The first kappa shape index (κ1) is 19.1. The number of hydrogen-bond acceptors (Lipinski definition) is 5. The molecule has 0 aliphatic rings. The van der Waals surface area contributed by atoms with Gasteiger partial charge in [-0.05, 0) is 37.2 Å². The Hall–Kier alpha value is -2.70. The molecule has 0 unspecified atom stereocenters. The van der Waals surface area contributed by atoms with Crippen molar-refractivity contribution < 1.29 is 14.6 Å². The summed E-state index contributed by atoms with van der Waals surface area (Å²) in [4.78, 5) is 17.5. The molecule has 2 aromatic carbocycles. The van der Waals surface area contributed by atoms with Crippen LogP contribution in [-0.2, 0) is 11.3 Å². The van der Waals surface area contributed by atoms with E-state index in [0.29, 0.717) is 12.3 Å². The van der Waals surface area contributed by atoms with Gasteiger partial charge in [-0.25, -0.2) is 9.78 Å². The number of carboxylic acid groups (broad SMARTS) is 1. The van der Waals surface area contributed by atoms with Gasteiger partial charge >= 0.3 is 5.97 Å². The molecular formula is C21H22N2O3S. The van der Waals surface area contributed by atoms with Gasteiger partial charge in [0.1, 0.15) is 10.8 Å². The fourth-order valence-corrected chi connectivity index (χ4v) is 3.59. The van der Waals surface area contributed by atoms with Crippen LogP contribution in [-0.4, -0.2) is 34.6 Å². The minimum Gasteiger partial charge on any atom is -0.482 e. The zero-order chi connectivity index (χ0) is 19.2. The van der Waals surface area contributed by atoms with Crippen molar-refractivity contribution in [1.29, 1.82) is 0 Å². The van der Waals surface area contributed by atoms with Crippen molar-refractivity contribution in [2.45, 2.75) is 19.5 Å². The van der Waals surface area contributed by atoms with Crippen LogP contribution in [0, 0.1) is 0 Å². The fourth-order valence-electron chi connectivity index (χ4n) is 2.83. The fraction of sp³-hybridized carbons (Fsp3) is 0.238. The van der Waals surface area contributed by atoms with E-state index in [4.69, 9.17) is 9.84 Å². The zero-order valence-electron chi connectivity index (χ0n) is 15.3.